The van der Waals surface area contributed by atoms with Crippen LogP contribution in [-0.4, -0.2) is 51.7 Å². The molecule has 0 spiro atoms. The summed E-state index contributed by atoms with van der Waals surface area (Å²) in [7, 11) is 1.90. The van der Waals surface area contributed by atoms with E-state index in [1.54, 1.807) is 4.68 Å². The van der Waals surface area contributed by atoms with Gasteiger partial charge in [-0.25, -0.2) is 0 Å². The Kier molecular flexibility index (Phi) is 7.67. The van der Waals surface area contributed by atoms with Gasteiger partial charge in [0.2, 0.25) is 5.91 Å². The molecule has 0 N–H and O–H groups in total. The molecule has 0 aliphatic heterocycles. The van der Waals surface area contributed by atoms with Gasteiger partial charge in [0.05, 0.1) is 6.20 Å². The van der Waals surface area contributed by atoms with Crippen molar-refractivity contribution < 1.29 is 4.79 Å². The summed E-state index contributed by atoms with van der Waals surface area (Å²) in [6, 6.07) is 10.2. The highest BCUT2D eigenvalue weighted by Gasteiger charge is 2.15. The molecule has 0 atom stereocenters. The van der Waals surface area contributed by atoms with Gasteiger partial charge in [0.25, 0.3) is 0 Å². The molecule has 1 heterocycles. The van der Waals surface area contributed by atoms with Crippen LogP contribution in [0.25, 0.3) is 0 Å². The molecule has 0 unspecified atom stereocenters. The van der Waals surface area contributed by atoms with Gasteiger partial charge in [-0.1, -0.05) is 44.2 Å². The number of rotatable bonds is 10. The Morgan fingerprint density at radius 3 is 2.40 bits per heavy atom. The number of carbonyl (C=O) groups is 1. The average Bonchev–Trinajstić information content (AvgIpc) is 3.05. The summed E-state index contributed by atoms with van der Waals surface area (Å²) in [4.78, 5) is 17.1. The average molecular weight is 342 g/mol. The fourth-order valence-corrected chi connectivity index (χ4v) is 2.91. The Morgan fingerprint density at radius 1 is 1.08 bits per heavy atom. The monoisotopic (exact) mass is 342 g/mol. The SMILES string of the molecule is CCN(CC)CCN(Cc1ccccc1)C(=O)CCc1cnn(C)c1. The van der Waals surface area contributed by atoms with E-state index in [0.717, 1.165) is 38.2 Å². The molecule has 0 bridgehead atoms. The molecular weight excluding hydrogens is 312 g/mol. The number of nitrogens with zero attached hydrogens (tertiary/aromatic N) is 4. The van der Waals surface area contributed by atoms with E-state index >= 15 is 0 Å². The summed E-state index contributed by atoms with van der Waals surface area (Å²) < 4.78 is 1.78. The van der Waals surface area contributed by atoms with Crippen molar-refractivity contribution in [1.29, 1.82) is 0 Å². The second-order valence-electron chi connectivity index (χ2n) is 6.35. The maximum absolute atomic E-state index is 12.8. The third-order valence-corrected chi connectivity index (χ3v) is 4.54. The summed E-state index contributed by atoms with van der Waals surface area (Å²) in [6.45, 7) is 8.71. The molecule has 1 aromatic heterocycles. The molecule has 0 aliphatic carbocycles. The number of likely N-dealkylation sites (N-methyl/N-ethyl adjacent to an activating group) is 1. The van der Waals surface area contributed by atoms with Gasteiger partial charge in [-0.2, -0.15) is 5.10 Å². The van der Waals surface area contributed by atoms with E-state index in [-0.39, 0.29) is 5.91 Å². The zero-order valence-corrected chi connectivity index (χ0v) is 15.7. The van der Waals surface area contributed by atoms with Crippen molar-refractivity contribution in [2.24, 2.45) is 7.05 Å². The Morgan fingerprint density at radius 2 is 1.80 bits per heavy atom. The quantitative estimate of drug-likeness (QED) is 0.667. The van der Waals surface area contributed by atoms with Crippen LogP contribution in [0.3, 0.4) is 0 Å². The van der Waals surface area contributed by atoms with Gasteiger partial charge in [-0.3, -0.25) is 9.48 Å². The normalized spacial score (nSPS) is 11.0. The Hall–Kier alpha value is -2.14. The third-order valence-electron chi connectivity index (χ3n) is 4.54. The van der Waals surface area contributed by atoms with Crippen LogP contribution in [0.2, 0.25) is 0 Å². The molecule has 0 aliphatic rings. The lowest BCUT2D eigenvalue weighted by molar-refractivity contribution is -0.132. The van der Waals surface area contributed by atoms with E-state index in [4.69, 9.17) is 0 Å². The van der Waals surface area contributed by atoms with Crippen molar-refractivity contribution in [1.82, 2.24) is 19.6 Å². The van der Waals surface area contributed by atoms with Gasteiger partial charge >= 0.3 is 0 Å². The molecule has 5 heteroatoms. The van der Waals surface area contributed by atoms with Crippen molar-refractivity contribution in [3.8, 4) is 0 Å². The smallest absolute Gasteiger partial charge is 0.223 e. The minimum absolute atomic E-state index is 0.208. The minimum Gasteiger partial charge on any atom is -0.337 e. The van der Waals surface area contributed by atoms with Crippen molar-refractivity contribution >= 4 is 5.91 Å². The largest absolute Gasteiger partial charge is 0.337 e. The van der Waals surface area contributed by atoms with Crippen LogP contribution in [0.5, 0.6) is 0 Å². The van der Waals surface area contributed by atoms with Gasteiger partial charge in [-0.05, 0) is 30.6 Å². The first-order valence-electron chi connectivity index (χ1n) is 9.14. The second kappa shape index (κ2) is 9.99. The standard InChI is InChI=1S/C20H30N4O/c1-4-23(5-2)13-14-24(17-18-9-7-6-8-10-18)20(25)12-11-19-15-21-22(3)16-19/h6-10,15-16H,4-5,11-14,17H2,1-3H3. The number of hydrogen-bond acceptors (Lipinski definition) is 3. The third kappa shape index (κ3) is 6.35. The molecule has 2 rings (SSSR count). The minimum atomic E-state index is 0.208. The number of hydrogen-bond donors (Lipinski definition) is 0. The van der Waals surface area contributed by atoms with Crippen LogP contribution < -0.4 is 0 Å². The van der Waals surface area contributed by atoms with E-state index in [1.807, 2.05) is 42.5 Å². The fraction of sp³-hybridized carbons (Fsp3) is 0.500. The van der Waals surface area contributed by atoms with Gasteiger partial charge in [0.1, 0.15) is 0 Å². The zero-order chi connectivity index (χ0) is 18.1. The topological polar surface area (TPSA) is 41.4 Å². The maximum Gasteiger partial charge on any atom is 0.223 e. The molecule has 0 radical (unpaired) electrons. The lowest BCUT2D eigenvalue weighted by Crippen LogP contribution is -2.38. The molecule has 2 aromatic rings. The number of amides is 1. The first-order chi connectivity index (χ1) is 12.1. The number of carbonyl (C=O) groups excluding carboxylic acids is 1. The second-order valence-corrected chi connectivity index (χ2v) is 6.35. The Bertz CT molecular complexity index is 634. The van der Waals surface area contributed by atoms with Gasteiger partial charge in [0.15, 0.2) is 0 Å². The molecule has 1 aromatic carbocycles. The van der Waals surface area contributed by atoms with E-state index < -0.39 is 0 Å². The highest BCUT2D eigenvalue weighted by molar-refractivity contribution is 5.76. The van der Waals surface area contributed by atoms with E-state index in [9.17, 15) is 4.79 Å². The molecule has 25 heavy (non-hydrogen) atoms. The van der Waals surface area contributed by atoms with Gasteiger partial charge in [0, 0.05) is 39.3 Å². The summed E-state index contributed by atoms with van der Waals surface area (Å²) in [6.07, 6.45) is 5.08. The van der Waals surface area contributed by atoms with Gasteiger partial charge in [-0.15, -0.1) is 0 Å². The summed E-state index contributed by atoms with van der Waals surface area (Å²) in [5.74, 6) is 0.208. The highest BCUT2D eigenvalue weighted by Crippen LogP contribution is 2.09. The summed E-state index contributed by atoms with van der Waals surface area (Å²) in [5.41, 5.74) is 2.29. The van der Waals surface area contributed by atoms with Crippen LogP contribution in [0.4, 0.5) is 0 Å². The van der Waals surface area contributed by atoms with E-state index in [2.05, 4.69) is 36.0 Å². The number of benzene rings is 1. The summed E-state index contributed by atoms with van der Waals surface area (Å²) >= 11 is 0. The first-order valence-corrected chi connectivity index (χ1v) is 9.14. The van der Waals surface area contributed by atoms with Crippen molar-refractivity contribution in [2.75, 3.05) is 26.2 Å². The number of aryl methyl sites for hydroxylation is 2. The van der Waals surface area contributed by atoms with Crippen LogP contribution in [0.15, 0.2) is 42.7 Å². The molecule has 0 saturated carbocycles. The van der Waals surface area contributed by atoms with E-state index in [1.165, 1.54) is 5.56 Å². The van der Waals surface area contributed by atoms with Crippen molar-refractivity contribution in [3.63, 3.8) is 0 Å². The highest BCUT2D eigenvalue weighted by atomic mass is 16.2. The fourth-order valence-electron chi connectivity index (χ4n) is 2.91. The lowest BCUT2D eigenvalue weighted by Gasteiger charge is -2.26. The van der Waals surface area contributed by atoms with Gasteiger partial charge < -0.3 is 9.80 Å². The van der Waals surface area contributed by atoms with Crippen molar-refractivity contribution in [2.45, 2.75) is 33.2 Å². The zero-order valence-electron chi connectivity index (χ0n) is 15.7. The van der Waals surface area contributed by atoms with Crippen LogP contribution in [0, 0.1) is 0 Å². The Balaban J connectivity index is 1.97. The molecule has 0 saturated heterocycles. The molecule has 5 nitrogen and oxygen atoms in total. The molecule has 0 fully saturated rings. The molecular formula is C20H30N4O. The Labute approximate surface area is 151 Å². The predicted molar refractivity (Wildman–Crippen MR) is 101 cm³/mol. The first kappa shape index (κ1) is 19.2. The molecule has 136 valence electrons. The van der Waals surface area contributed by atoms with E-state index in [0.29, 0.717) is 13.0 Å². The summed E-state index contributed by atoms with van der Waals surface area (Å²) in [5, 5.41) is 4.17. The maximum atomic E-state index is 12.8. The molecule has 1 amide bonds. The van der Waals surface area contributed by atoms with Crippen LogP contribution >= 0.6 is 0 Å². The van der Waals surface area contributed by atoms with Crippen molar-refractivity contribution in [3.05, 3.63) is 53.9 Å². The van der Waals surface area contributed by atoms with Crippen LogP contribution in [0.1, 0.15) is 31.4 Å². The number of aromatic nitrogens is 2. The van der Waals surface area contributed by atoms with Crippen LogP contribution in [-0.2, 0) is 24.8 Å². The predicted octanol–water partition coefficient (Wildman–Crippen LogP) is 2.72. The lowest BCUT2D eigenvalue weighted by atomic mass is 10.1.